The molecule has 1 aliphatic heterocycles. The fraction of sp³-hybridized carbons (Fsp3) is 0.190. The highest BCUT2D eigenvalue weighted by atomic mass is 19.4. The molecule has 1 unspecified atom stereocenters. The van der Waals surface area contributed by atoms with Gasteiger partial charge in [-0.15, -0.1) is 0 Å². The smallest absolute Gasteiger partial charge is 0.422 e. The third-order valence-corrected chi connectivity index (χ3v) is 5.07. The molecule has 2 aromatic carbocycles. The predicted molar refractivity (Wildman–Crippen MR) is 104 cm³/mol. The van der Waals surface area contributed by atoms with Crippen LogP contribution < -0.4 is 10.5 Å². The molecule has 1 aliphatic rings. The Morgan fingerprint density at radius 3 is 2.53 bits per heavy atom. The van der Waals surface area contributed by atoms with Gasteiger partial charge < -0.3 is 24.6 Å². The van der Waals surface area contributed by atoms with Crippen LogP contribution in [0.3, 0.4) is 0 Å². The molecule has 8 nitrogen and oxygen atoms in total. The summed E-state index contributed by atoms with van der Waals surface area (Å²) < 4.78 is 57.2. The van der Waals surface area contributed by atoms with Gasteiger partial charge in [0.25, 0.3) is 5.89 Å². The lowest BCUT2D eigenvalue weighted by molar-refractivity contribution is -0.136. The maximum atomic E-state index is 13.9. The molecule has 0 saturated heterocycles. The highest BCUT2D eigenvalue weighted by Gasteiger charge is 2.43. The van der Waals surface area contributed by atoms with E-state index in [1.165, 1.54) is 12.1 Å². The lowest BCUT2D eigenvalue weighted by atomic mass is 9.98. The normalized spacial score (nSPS) is 18.3. The lowest BCUT2D eigenvalue weighted by Crippen LogP contribution is -2.38. The molecule has 0 amide bonds. The Kier molecular flexibility index (Phi) is 4.72. The van der Waals surface area contributed by atoms with Crippen LogP contribution in [-0.4, -0.2) is 33.1 Å². The summed E-state index contributed by atoms with van der Waals surface area (Å²) in [6, 6.07) is 12.0. The third-order valence-electron chi connectivity index (χ3n) is 5.07. The summed E-state index contributed by atoms with van der Waals surface area (Å²) in [5, 5.41) is 17.5. The molecule has 0 saturated carbocycles. The molecule has 0 aliphatic carbocycles. The third kappa shape index (κ3) is 3.41. The van der Waals surface area contributed by atoms with Gasteiger partial charge in [0, 0.05) is 16.7 Å². The van der Waals surface area contributed by atoms with Crippen molar-refractivity contribution in [3.63, 3.8) is 0 Å². The van der Waals surface area contributed by atoms with E-state index in [1.54, 1.807) is 36.4 Å². The summed E-state index contributed by atoms with van der Waals surface area (Å²) in [4.78, 5) is 4.06. The molecule has 0 spiro atoms. The summed E-state index contributed by atoms with van der Waals surface area (Å²) in [6.07, 6.45) is -5.67. The molecular weight excluding hydrogens is 429 g/mol. The van der Waals surface area contributed by atoms with Gasteiger partial charge in [-0.05, 0) is 6.07 Å². The number of halogens is 3. The molecule has 164 valence electrons. The van der Waals surface area contributed by atoms with Crippen LogP contribution in [-0.2, 0) is 6.18 Å². The average molecular weight is 444 g/mol. The van der Waals surface area contributed by atoms with E-state index in [2.05, 4.69) is 15.3 Å². The first-order valence-corrected chi connectivity index (χ1v) is 9.50. The number of nitrogens with zero attached hydrogens (tertiary/aromatic N) is 3. The van der Waals surface area contributed by atoms with Crippen molar-refractivity contribution in [1.82, 2.24) is 15.3 Å². The zero-order valence-corrected chi connectivity index (χ0v) is 16.2. The first-order valence-electron chi connectivity index (χ1n) is 9.50. The van der Waals surface area contributed by atoms with Gasteiger partial charge >= 0.3 is 6.18 Å². The van der Waals surface area contributed by atoms with Crippen molar-refractivity contribution in [2.45, 2.75) is 18.3 Å². The molecule has 11 heteroatoms. The van der Waals surface area contributed by atoms with E-state index >= 15 is 0 Å². The number of hydrogen-bond acceptors (Lipinski definition) is 8. The molecule has 0 fully saturated rings. The van der Waals surface area contributed by atoms with Crippen molar-refractivity contribution >= 4 is 0 Å². The Labute approximate surface area is 178 Å². The molecule has 3 heterocycles. The van der Waals surface area contributed by atoms with E-state index in [4.69, 9.17) is 19.5 Å². The highest BCUT2D eigenvalue weighted by Crippen LogP contribution is 2.43. The van der Waals surface area contributed by atoms with Crippen LogP contribution in [0.15, 0.2) is 57.6 Å². The molecule has 32 heavy (non-hydrogen) atoms. The fourth-order valence-corrected chi connectivity index (χ4v) is 3.48. The van der Waals surface area contributed by atoms with Crippen molar-refractivity contribution in [3.05, 3.63) is 59.7 Å². The van der Waals surface area contributed by atoms with E-state index in [9.17, 15) is 18.3 Å². The molecule has 5 rings (SSSR count). The van der Waals surface area contributed by atoms with Crippen LogP contribution in [0.4, 0.5) is 13.2 Å². The second kappa shape index (κ2) is 7.46. The maximum Gasteiger partial charge on any atom is 0.422 e. The number of fused-ring (bicyclic) bond motifs is 1. The number of alkyl halides is 3. The zero-order chi connectivity index (χ0) is 22.5. The predicted octanol–water partition coefficient (Wildman–Crippen LogP) is 3.83. The molecule has 4 aromatic rings. The zero-order valence-electron chi connectivity index (χ0n) is 16.2. The van der Waals surface area contributed by atoms with Gasteiger partial charge in [0.1, 0.15) is 29.7 Å². The number of aliphatic hydroxyl groups excluding tert-OH is 1. The highest BCUT2D eigenvalue weighted by molar-refractivity contribution is 5.71. The first-order chi connectivity index (χ1) is 15.3. The number of rotatable bonds is 3. The van der Waals surface area contributed by atoms with E-state index in [0.29, 0.717) is 16.9 Å². The minimum absolute atomic E-state index is 0.0153. The van der Waals surface area contributed by atoms with Crippen LogP contribution in [0.25, 0.3) is 34.3 Å². The molecule has 3 N–H and O–H groups in total. The molecule has 2 aromatic heterocycles. The van der Waals surface area contributed by atoms with Crippen molar-refractivity contribution in [3.8, 4) is 40.0 Å². The summed E-state index contributed by atoms with van der Waals surface area (Å²) in [6.45, 7) is 0.115. The second-order valence-corrected chi connectivity index (χ2v) is 7.19. The Morgan fingerprint density at radius 2 is 1.78 bits per heavy atom. The van der Waals surface area contributed by atoms with E-state index in [0.717, 1.165) is 0 Å². The van der Waals surface area contributed by atoms with Crippen molar-refractivity contribution < 1.29 is 32.1 Å². The first kappa shape index (κ1) is 20.2. The van der Waals surface area contributed by atoms with Gasteiger partial charge in [-0.2, -0.15) is 18.2 Å². The van der Waals surface area contributed by atoms with E-state index < -0.39 is 35.5 Å². The van der Waals surface area contributed by atoms with Crippen LogP contribution in [0.5, 0.6) is 5.75 Å². The van der Waals surface area contributed by atoms with Crippen molar-refractivity contribution in [2.24, 2.45) is 5.73 Å². The number of aromatic nitrogens is 3. The Morgan fingerprint density at radius 1 is 1.00 bits per heavy atom. The van der Waals surface area contributed by atoms with Crippen LogP contribution >= 0.6 is 0 Å². The van der Waals surface area contributed by atoms with Gasteiger partial charge in [-0.3, -0.25) is 0 Å². The Bertz CT molecular complexity index is 1270. The molecule has 0 bridgehead atoms. The van der Waals surface area contributed by atoms with Crippen molar-refractivity contribution in [2.75, 3.05) is 6.61 Å². The second-order valence-electron chi connectivity index (χ2n) is 7.19. The number of hydrogen-bond donors (Lipinski definition) is 2. The van der Waals surface area contributed by atoms with Gasteiger partial charge in [0.2, 0.25) is 11.6 Å². The summed E-state index contributed by atoms with van der Waals surface area (Å²) in [5.74, 6) is -0.750. The Hall–Kier alpha value is -3.70. The number of benzene rings is 2. The summed E-state index contributed by atoms with van der Waals surface area (Å²) >= 11 is 0. The number of ether oxygens (including phenoxy) is 1. The van der Waals surface area contributed by atoms with Crippen LogP contribution in [0, 0.1) is 0 Å². The van der Waals surface area contributed by atoms with E-state index in [1.807, 2.05) is 0 Å². The monoisotopic (exact) mass is 444 g/mol. The fourth-order valence-electron chi connectivity index (χ4n) is 3.48. The number of nitrogens with two attached hydrogens (primary N) is 1. The van der Waals surface area contributed by atoms with E-state index in [-0.39, 0.29) is 23.7 Å². The van der Waals surface area contributed by atoms with Gasteiger partial charge in [-0.25, -0.2) is 0 Å². The average Bonchev–Trinajstić information content (AvgIpc) is 3.44. The van der Waals surface area contributed by atoms with Crippen LogP contribution in [0.1, 0.15) is 17.2 Å². The van der Waals surface area contributed by atoms with Crippen LogP contribution in [0.2, 0.25) is 0 Å². The lowest BCUT2D eigenvalue weighted by Gasteiger charge is -2.27. The minimum atomic E-state index is -4.77. The van der Waals surface area contributed by atoms with Crippen molar-refractivity contribution in [1.29, 1.82) is 0 Å². The maximum absolute atomic E-state index is 13.9. The number of aliphatic hydroxyl groups is 1. The molecule has 0 radical (unpaired) electrons. The summed E-state index contributed by atoms with van der Waals surface area (Å²) in [5.41, 5.74) is 5.45. The topological polar surface area (TPSA) is 120 Å². The minimum Gasteiger partial charge on any atom is -0.491 e. The van der Waals surface area contributed by atoms with Gasteiger partial charge in [0.05, 0.1) is 6.04 Å². The largest absolute Gasteiger partial charge is 0.491 e. The Balaban J connectivity index is 1.54. The summed E-state index contributed by atoms with van der Waals surface area (Å²) in [7, 11) is 0. The molecule has 2 atom stereocenters. The SMILES string of the molecule is N[C@@H]1COc2cc(-c3noc(-c4onc(-c5ccccc5)c4C(F)(F)F)n3)ccc2C1O. The standard InChI is InChI=1S/C21H15F3N4O4/c22-21(23,24)15-16(10-4-2-1-3-5-10)27-31-18(15)20-26-19(28-32-20)11-6-7-12-14(8-11)30-9-13(25)17(12)29/h1-8,13,17,29H,9,25H2/t13-,17?/m1/s1. The molecular formula is C21H15F3N4O4. The van der Waals surface area contributed by atoms with Gasteiger partial charge in [0.15, 0.2) is 0 Å². The quantitative estimate of drug-likeness (QED) is 0.489. The van der Waals surface area contributed by atoms with Gasteiger partial charge in [-0.1, -0.05) is 52.8 Å².